The van der Waals surface area contributed by atoms with Gasteiger partial charge in [0.15, 0.2) is 0 Å². The maximum atomic E-state index is 13.7. The van der Waals surface area contributed by atoms with Gasteiger partial charge in [-0.15, -0.1) is 0 Å². The van der Waals surface area contributed by atoms with E-state index < -0.39 is 0 Å². The second-order valence-corrected chi connectivity index (χ2v) is 5.71. The van der Waals surface area contributed by atoms with E-state index in [-0.39, 0.29) is 17.8 Å². The molecule has 0 radical (unpaired) electrons. The monoisotopic (exact) mass is 314 g/mol. The van der Waals surface area contributed by atoms with Gasteiger partial charge in [0.05, 0.1) is 6.04 Å². The number of nitrogens with one attached hydrogen (secondary N) is 2. The summed E-state index contributed by atoms with van der Waals surface area (Å²) in [5.41, 5.74) is 3.03. The Morgan fingerprint density at radius 2 is 1.96 bits per heavy atom. The number of halogens is 1. The first kappa shape index (κ1) is 17.2. The van der Waals surface area contributed by atoms with Crippen LogP contribution in [0.3, 0.4) is 0 Å². The average Bonchev–Trinajstić information content (AvgIpc) is 2.55. The van der Waals surface area contributed by atoms with Crippen LogP contribution in [0.15, 0.2) is 42.5 Å². The molecule has 0 bridgehead atoms. The lowest BCUT2D eigenvalue weighted by Gasteiger charge is -2.16. The van der Waals surface area contributed by atoms with Gasteiger partial charge in [-0.2, -0.15) is 0 Å². The zero-order chi connectivity index (χ0) is 16.8. The van der Waals surface area contributed by atoms with Crippen molar-refractivity contribution in [2.24, 2.45) is 0 Å². The van der Waals surface area contributed by atoms with E-state index in [2.05, 4.69) is 10.6 Å². The number of carbonyl (C=O) groups is 1. The Morgan fingerprint density at radius 1 is 1.22 bits per heavy atom. The number of hydrogen-bond donors (Lipinski definition) is 2. The predicted octanol–water partition coefficient (Wildman–Crippen LogP) is 3.39. The molecular weight excluding hydrogens is 291 g/mol. The van der Waals surface area contributed by atoms with Crippen molar-refractivity contribution in [3.05, 3.63) is 70.5 Å². The molecule has 0 aliphatic carbocycles. The minimum atomic E-state index is -0.255. The largest absolute Gasteiger partial charge is 0.346 e. The molecule has 0 aliphatic heterocycles. The number of amides is 1. The van der Waals surface area contributed by atoms with Gasteiger partial charge in [0.1, 0.15) is 5.82 Å². The lowest BCUT2D eigenvalue weighted by molar-refractivity contribution is 0.0939. The zero-order valence-corrected chi connectivity index (χ0v) is 13.8. The van der Waals surface area contributed by atoms with Crippen LogP contribution >= 0.6 is 0 Å². The molecule has 4 heteroatoms. The third-order valence-corrected chi connectivity index (χ3v) is 3.95. The maximum absolute atomic E-state index is 13.7. The molecule has 0 saturated carbocycles. The van der Waals surface area contributed by atoms with Gasteiger partial charge in [-0.05, 0) is 62.7 Å². The molecule has 0 aliphatic rings. The van der Waals surface area contributed by atoms with Crippen LogP contribution in [0, 0.1) is 12.7 Å². The topological polar surface area (TPSA) is 41.1 Å². The lowest BCUT2D eigenvalue weighted by atomic mass is 10.0. The quantitative estimate of drug-likeness (QED) is 0.858. The smallest absolute Gasteiger partial charge is 0.252 e. The van der Waals surface area contributed by atoms with Gasteiger partial charge >= 0.3 is 0 Å². The first-order valence-electron chi connectivity index (χ1n) is 7.82. The molecule has 0 heterocycles. The minimum Gasteiger partial charge on any atom is -0.346 e. The second kappa shape index (κ2) is 7.88. The Hall–Kier alpha value is -2.20. The van der Waals surface area contributed by atoms with Crippen molar-refractivity contribution in [2.75, 3.05) is 13.6 Å². The van der Waals surface area contributed by atoms with E-state index in [0.29, 0.717) is 11.1 Å². The van der Waals surface area contributed by atoms with Crippen LogP contribution in [-0.4, -0.2) is 19.5 Å². The molecule has 0 fully saturated rings. The van der Waals surface area contributed by atoms with E-state index in [1.807, 2.05) is 44.3 Å². The maximum Gasteiger partial charge on any atom is 0.252 e. The van der Waals surface area contributed by atoms with E-state index in [0.717, 1.165) is 24.1 Å². The van der Waals surface area contributed by atoms with Gasteiger partial charge in [0.2, 0.25) is 0 Å². The van der Waals surface area contributed by atoms with Crippen molar-refractivity contribution < 1.29 is 9.18 Å². The fraction of sp³-hybridized carbons (Fsp3) is 0.316. The van der Waals surface area contributed by atoms with Gasteiger partial charge in [-0.1, -0.05) is 30.3 Å². The Labute approximate surface area is 136 Å². The molecule has 23 heavy (non-hydrogen) atoms. The van der Waals surface area contributed by atoms with E-state index >= 15 is 0 Å². The van der Waals surface area contributed by atoms with Crippen LogP contribution in [0.25, 0.3) is 0 Å². The summed E-state index contributed by atoms with van der Waals surface area (Å²) < 4.78 is 13.7. The van der Waals surface area contributed by atoms with Crippen LogP contribution < -0.4 is 10.6 Å². The molecule has 2 N–H and O–H groups in total. The summed E-state index contributed by atoms with van der Waals surface area (Å²) in [6, 6.07) is 12.4. The number of aryl methyl sites for hydroxylation is 1. The van der Waals surface area contributed by atoms with Gasteiger partial charge in [0, 0.05) is 5.56 Å². The summed E-state index contributed by atoms with van der Waals surface area (Å²) in [6.45, 7) is 4.39. The molecule has 0 saturated heterocycles. The first-order valence-corrected chi connectivity index (χ1v) is 7.82. The van der Waals surface area contributed by atoms with Crippen LogP contribution in [-0.2, 0) is 6.42 Å². The molecule has 1 amide bonds. The fourth-order valence-corrected chi connectivity index (χ4v) is 2.46. The van der Waals surface area contributed by atoms with Crippen LogP contribution in [0.5, 0.6) is 0 Å². The summed E-state index contributed by atoms with van der Waals surface area (Å²) in [4.78, 5) is 12.5. The number of hydrogen-bond acceptors (Lipinski definition) is 2. The van der Waals surface area contributed by atoms with Crippen LogP contribution in [0.2, 0.25) is 0 Å². The normalized spacial score (nSPS) is 12.0. The molecular formula is C19H23FN2O. The Balaban J connectivity index is 2.13. The van der Waals surface area contributed by atoms with E-state index in [1.54, 1.807) is 13.0 Å². The fourth-order valence-electron chi connectivity index (χ4n) is 2.46. The van der Waals surface area contributed by atoms with Crippen molar-refractivity contribution >= 4 is 5.91 Å². The molecule has 2 rings (SSSR count). The lowest BCUT2D eigenvalue weighted by Crippen LogP contribution is -2.28. The summed E-state index contributed by atoms with van der Waals surface area (Å²) in [6.07, 6.45) is 0.785. The van der Waals surface area contributed by atoms with Crippen molar-refractivity contribution in [3.63, 3.8) is 0 Å². The van der Waals surface area contributed by atoms with Gasteiger partial charge < -0.3 is 10.6 Å². The van der Waals surface area contributed by atoms with Gasteiger partial charge in [-0.3, -0.25) is 4.79 Å². The second-order valence-electron chi connectivity index (χ2n) is 5.71. The predicted molar refractivity (Wildman–Crippen MR) is 91.1 cm³/mol. The molecule has 2 aromatic carbocycles. The van der Waals surface area contributed by atoms with Crippen molar-refractivity contribution in [1.82, 2.24) is 10.6 Å². The molecule has 0 spiro atoms. The minimum absolute atomic E-state index is 0.134. The van der Waals surface area contributed by atoms with Crippen LogP contribution in [0.4, 0.5) is 4.39 Å². The number of likely N-dealkylation sites (N-methyl/N-ethyl adjacent to an activating group) is 1. The van der Waals surface area contributed by atoms with E-state index in [4.69, 9.17) is 0 Å². The van der Waals surface area contributed by atoms with Gasteiger partial charge in [0.25, 0.3) is 5.91 Å². The highest BCUT2D eigenvalue weighted by Crippen LogP contribution is 2.18. The SMILES string of the molecule is CNCCc1ccccc1C(=O)NC(C)c1ccc(C)c(F)c1. The number of carbonyl (C=O) groups excluding carboxylic acids is 1. The Morgan fingerprint density at radius 3 is 2.65 bits per heavy atom. The summed E-state index contributed by atoms with van der Waals surface area (Å²) >= 11 is 0. The highest BCUT2D eigenvalue weighted by atomic mass is 19.1. The molecule has 0 aromatic heterocycles. The number of benzene rings is 2. The van der Waals surface area contributed by atoms with Gasteiger partial charge in [-0.25, -0.2) is 4.39 Å². The number of rotatable bonds is 6. The third-order valence-electron chi connectivity index (χ3n) is 3.95. The van der Waals surface area contributed by atoms with E-state index in [9.17, 15) is 9.18 Å². The molecule has 1 atom stereocenters. The van der Waals surface area contributed by atoms with E-state index in [1.165, 1.54) is 6.07 Å². The first-order chi connectivity index (χ1) is 11.0. The molecule has 3 nitrogen and oxygen atoms in total. The average molecular weight is 314 g/mol. The molecule has 2 aromatic rings. The standard InChI is InChI=1S/C19H23FN2O/c1-13-8-9-16(12-18(13)20)14(2)22-19(23)17-7-5-4-6-15(17)10-11-21-3/h4-9,12,14,21H,10-11H2,1-3H3,(H,22,23). The van der Waals surface area contributed by atoms with Crippen molar-refractivity contribution in [2.45, 2.75) is 26.3 Å². The zero-order valence-electron chi connectivity index (χ0n) is 13.8. The third kappa shape index (κ3) is 4.39. The molecule has 122 valence electrons. The molecule has 1 unspecified atom stereocenters. The Kier molecular flexibility index (Phi) is 5.88. The summed E-state index contributed by atoms with van der Waals surface area (Å²) in [5, 5.41) is 6.04. The van der Waals surface area contributed by atoms with Crippen LogP contribution in [0.1, 0.15) is 40.0 Å². The van der Waals surface area contributed by atoms with Crippen molar-refractivity contribution in [1.29, 1.82) is 0 Å². The summed E-state index contributed by atoms with van der Waals surface area (Å²) in [5.74, 6) is -0.386. The highest BCUT2D eigenvalue weighted by Gasteiger charge is 2.15. The van der Waals surface area contributed by atoms with Crippen molar-refractivity contribution in [3.8, 4) is 0 Å². The summed E-state index contributed by atoms with van der Waals surface area (Å²) in [7, 11) is 1.89. The Bertz CT molecular complexity index is 685. The highest BCUT2D eigenvalue weighted by molar-refractivity contribution is 5.95.